The van der Waals surface area contributed by atoms with Gasteiger partial charge in [-0.15, -0.1) is 0 Å². The molecule has 0 bridgehead atoms. The molecule has 1 aliphatic rings. The van der Waals surface area contributed by atoms with Gasteiger partial charge < -0.3 is 0 Å². The van der Waals surface area contributed by atoms with E-state index in [1.165, 1.54) is 0 Å². The molecule has 1 N–H and O–H groups in total. The standard InChI is InChI=1S/C6H5N2O2.2C4H9.Ca/c9-4-8-6-5(10)2-1-3-7-6;2*1-4(2)3;/h1-3,10H,(H,7,8,9);2*1-3H3;/q;;;+1/p-1. The summed E-state index contributed by atoms with van der Waals surface area (Å²) in [4.78, 5) is 17.0. The molecule has 0 saturated carbocycles. The Morgan fingerprint density at radius 1 is 1.16 bits per heavy atom. The number of hydrogen-bond acceptors (Lipinski definition) is 3. The molecule has 0 spiro atoms. The number of rotatable bonds is 0. The molecule has 2 heterocycles. The van der Waals surface area contributed by atoms with Crippen molar-refractivity contribution in [2.75, 3.05) is 5.32 Å². The molecule has 1 aliphatic heterocycles. The molecule has 1 aromatic heterocycles. The topological polar surface area (TPSA) is 51.2 Å². The quantitative estimate of drug-likeness (QED) is 0.731. The first-order chi connectivity index (χ1) is 8.59. The molecule has 2 rings (SSSR count). The summed E-state index contributed by atoms with van der Waals surface area (Å²) < 4.78 is 6.25. The van der Waals surface area contributed by atoms with E-state index >= 15 is 0 Å². The second kappa shape index (κ2) is 4.61. The number of nitrogens with one attached hydrogen (secondary N) is 1. The van der Waals surface area contributed by atoms with Gasteiger partial charge in [0.1, 0.15) is 0 Å². The monoisotopic (exact) mass is 290 g/mol. The van der Waals surface area contributed by atoms with E-state index in [4.69, 9.17) is 1.44 Å². The van der Waals surface area contributed by atoms with E-state index in [9.17, 15) is 4.79 Å². The molecule has 0 atom stereocenters. The number of pyridine rings is 1. The van der Waals surface area contributed by atoms with Gasteiger partial charge in [-0.2, -0.15) is 0 Å². The summed E-state index contributed by atoms with van der Waals surface area (Å²) in [5.41, 5.74) is 0. The van der Waals surface area contributed by atoms with E-state index in [-0.39, 0.29) is 5.03 Å². The normalized spacial score (nSPS) is 18.3. The van der Waals surface area contributed by atoms with Crippen molar-refractivity contribution in [2.45, 2.75) is 44.6 Å². The molecule has 19 heavy (non-hydrogen) atoms. The van der Waals surface area contributed by atoms with Gasteiger partial charge in [0, 0.05) is 0 Å². The Morgan fingerprint density at radius 2 is 1.74 bits per heavy atom. The molecule has 1 amide bonds. The van der Waals surface area contributed by atoms with Gasteiger partial charge in [0.25, 0.3) is 0 Å². The molecule has 1 aromatic rings. The van der Waals surface area contributed by atoms with Crippen LogP contribution in [0.5, 0.6) is 5.75 Å². The molecular weight excluding hydrogens is 268 g/mol. The zero-order chi connectivity index (χ0) is 14.5. The third-order valence-corrected chi connectivity index (χ3v) is 17.0. The third-order valence-electron chi connectivity index (χ3n) is 4.84. The SMILES string of the molecule is C[C](C)(C)[Ca]1([C](C)(C)C)[O]c2cccnc2N[C]1=O. The number of carbonyl (C=O) groups excluding carboxylic acids is 1. The van der Waals surface area contributed by atoms with Crippen molar-refractivity contribution in [3.63, 3.8) is 0 Å². The molecule has 0 unspecified atom stereocenters. The number of nitrogens with zero attached hydrogens (tertiary/aromatic N) is 1. The van der Waals surface area contributed by atoms with Gasteiger partial charge in [-0.25, -0.2) is 0 Å². The fraction of sp³-hybridized carbons (Fsp3) is 0.571. The molecule has 102 valence electrons. The van der Waals surface area contributed by atoms with Crippen molar-refractivity contribution in [2.24, 2.45) is 0 Å². The molecule has 2 radical (unpaired) electrons. The van der Waals surface area contributed by atoms with Crippen LogP contribution in [-0.4, -0.2) is 37.5 Å². The number of carbonyl (C=O) groups is 1. The summed E-state index contributed by atoms with van der Waals surface area (Å²) in [6, 6.07) is 3.74. The van der Waals surface area contributed by atoms with Gasteiger partial charge in [0.15, 0.2) is 0 Å². The number of amides is 1. The summed E-state index contributed by atoms with van der Waals surface area (Å²) in [5.74, 6) is 1.28. The van der Waals surface area contributed by atoms with Gasteiger partial charge in [-0.3, -0.25) is 0 Å². The first-order valence-electron chi connectivity index (χ1n) is 6.94. The van der Waals surface area contributed by atoms with Crippen LogP contribution in [0.4, 0.5) is 10.6 Å². The van der Waals surface area contributed by atoms with E-state index in [1.54, 1.807) is 6.20 Å². The molecule has 0 aliphatic carbocycles. The Hall–Kier alpha value is -0.320. The van der Waals surface area contributed by atoms with Crippen LogP contribution in [0.25, 0.3) is 0 Å². The number of aromatic nitrogens is 1. The second-order valence-corrected chi connectivity index (χ2v) is 19.2. The van der Waals surface area contributed by atoms with E-state index in [2.05, 4.69) is 51.8 Å². The first-order valence-corrected chi connectivity index (χ1v) is 11.2. The summed E-state index contributed by atoms with van der Waals surface area (Å²) in [6.45, 7) is 12.7. The fourth-order valence-corrected chi connectivity index (χ4v) is 15.4. The van der Waals surface area contributed by atoms with Crippen molar-refractivity contribution >= 4 is 38.3 Å². The van der Waals surface area contributed by atoms with Crippen LogP contribution in [0, 0.1) is 0 Å². The minimum atomic E-state index is -3.76. The zero-order valence-corrected chi connectivity index (χ0v) is 14.9. The van der Waals surface area contributed by atoms with Gasteiger partial charge in [-0.05, 0) is 0 Å². The summed E-state index contributed by atoms with van der Waals surface area (Å²) in [5, 5.41) is 2.99. The molecule has 4 nitrogen and oxygen atoms in total. The Bertz CT molecular complexity index is 501. The van der Waals surface area contributed by atoms with Crippen molar-refractivity contribution in [1.29, 1.82) is 0 Å². The average Bonchev–Trinajstić information content (AvgIpc) is 2.24. The van der Waals surface area contributed by atoms with Gasteiger partial charge >= 0.3 is 124 Å². The summed E-state index contributed by atoms with van der Waals surface area (Å²) >= 11 is -3.76. The summed E-state index contributed by atoms with van der Waals surface area (Å²) in [7, 11) is 0. The molecule has 5 heteroatoms. The van der Waals surface area contributed by atoms with Gasteiger partial charge in [-0.1, -0.05) is 0 Å². The Kier molecular flexibility index (Phi) is 3.65. The van der Waals surface area contributed by atoms with E-state index in [0.717, 1.165) is 5.75 Å². The number of fused-ring (bicyclic) bond motifs is 1. The number of hydrogen-bond donors (Lipinski definition) is 1. The number of anilines is 1. The predicted octanol–water partition coefficient (Wildman–Crippen LogP) is 4.13. The predicted molar refractivity (Wildman–Crippen MR) is 79.1 cm³/mol. The van der Waals surface area contributed by atoms with Crippen LogP contribution in [0.3, 0.4) is 0 Å². The second-order valence-electron chi connectivity index (χ2n) is 8.13. The van der Waals surface area contributed by atoms with Crippen molar-refractivity contribution in [1.82, 2.24) is 4.98 Å². The van der Waals surface area contributed by atoms with Crippen LogP contribution in [0.1, 0.15) is 41.5 Å². The van der Waals surface area contributed by atoms with Crippen molar-refractivity contribution in [3.8, 4) is 5.75 Å². The fourth-order valence-electron chi connectivity index (χ4n) is 4.14. The Morgan fingerprint density at radius 3 is 2.26 bits per heavy atom. The third kappa shape index (κ3) is 2.28. The van der Waals surface area contributed by atoms with Gasteiger partial charge in [0.05, 0.1) is 0 Å². The maximum atomic E-state index is 12.8. The summed E-state index contributed by atoms with van der Waals surface area (Å²) in [6.07, 6.45) is 1.67. The van der Waals surface area contributed by atoms with E-state index in [1.807, 2.05) is 12.1 Å². The molecular formula is C14H22CaN2O2. The molecule has 0 saturated heterocycles. The van der Waals surface area contributed by atoms with Crippen LogP contribution in [-0.2, 0) is 0 Å². The molecule has 0 aromatic carbocycles. The van der Waals surface area contributed by atoms with E-state index < -0.39 is 30.5 Å². The Balaban J connectivity index is 2.62. The van der Waals surface area contributed by atoms with Crippen LogP contribution in [0.2, 0.25) is 3.02 Å². The van der Waals surface area contributed by atoms with Crippen molar-refractivity contribution in [3.05, 3.63) is 18.3 Å². The van der Waals surface area contributed by atoms with E-state index in [0.29, 0.717) is 5.82 Å². The van der Waals surface area contributed by atoms with Crippen LogP contribution >= 0.6 is 0 Å². The maximum absolute atomic E-state index is 12.8. The van der Waals surface area contributed by atoms with Gasteiger partial charge in [0.2, 0.25) is 0 Å². The first kappa shape index (κ1) is 15.1. The minimum absolute atomic E-state index is 0.0925. The zero-order valence-electron chi connectivity index (χ0n) is 12.7. The van der Waals surface area contributed by atoms with Crippen LogP contribution < -0.4 is 6.76 Å². The van der Waals surface area contributed by atoms with Crippen LogP contribution in [0.15, 0.2) is 18.3 Å². The van der Waals surface area contributed by atoms with Crippen molar-refractivity contribution < 1.29 is 6.24 Å². The average molecular weight is 290 g/mol. The molecule has 0 fully saturated rings. The Labute approximate surface area is 122 Å².